The van der Waals surface area contributed by atoms with Gasteiger partial charge in [-0.1, -0.05) is 6.07 Å². The SMILES string of the molecule is Cc1ccc(C(=O)N2C[C@@H](O)[C@@H](O)C2)cc1N. The largest absolute Gasteiger partial charge is 0.398 e. The van der Waals surface area contributed by atoms with E-state index in [1.807, 2.05) is 6.92 Å². The number of β-amino-alcohol motifs (C(OH)–C–C–N with tert-alkyl or cyclic N) is 2. The molecule has 1 saturated heterocycles. The summed E-state index contributed by atoms with van der Waals surface area (Å²) in [5.74, 6) is -0.215. The van der Waals surface area contributed by atoms with Crippen LogP contribution in [0.15, 0.2) is 18.2 Å². The maximum Gasteiger partial charge on any atom is 0.254 e. The van der Waals surface area contributed by atoms with Gasteiger partial charge in [-0.2, -0.15) is 0 Å². The fourth-order valence-electron chi connectivity index (χ4n) is 1.89. The standard InChI is InChI=1S/C12H16N2O3/c1-7-2-3-8(4-9(7)13)12(17)14-5-10(15)11(16)6-14/h2-4,10-11,15-16H,5-6,13H2,1H3/t10-,11+. The highest BCUT2D eigenvalue weighted by Gasteiger charge is 2.32. The van der Waals surface area contributed by atoms with Crippen molar-refractivity contribution in [3.63, 3.8) is 0 Å². The number of carbonyl (C=O) groups excluding carboxylic acids is 1. The Balaban J connectivity index is 2.17. The molecule has 2 atom stereocenters. The highest BCUT2D eigenvalue weighted by atomic mass is 16.3. The van der Waals surface area contributed by atoms with E-state index in [1.165, 1.54) is 4.90 Å². The van der Waals surface area contributed by atoms with Gasteiger partial charge in [0.2, 0.25) is 0 Å². The average molecular weight is 236 g/mol. The fourth-order valence-corrected chi connectivity index (χ4v) is 1.89. The van der Waals surface area contributed by atoms with Crippen LogP contribution in [0.5, 0.6) is 0 Å². The maximum absolute atomic E-state index is 12.0. The molecule has 0 spiro atoms. The van der Waals surface area contributed by atoms with Crippen LogP contribution < -0.4 is 5.73 Å². The number of nitrogen functional groups attached to an aromatic ring is 1. The third kappa shape index (κ3) is 2.25. The lowest BCUT2D eigenvalue weighted by molar-refractivity contribution is 0.0572. The Morgan fingerprint density at radius 1 is 1.35 bits per heavy atom. The van der Waals surface area contributed by atoms with E-state index in [0.717, 1.165) is 5.56 Å². The number of carbonyl (C=O) groups is 1. The fraction of sp³-hybridized carbons (Fsp3) is 0.417. The highest BCUT2D eigenvalue weighted by Crippen LogP contribution is 2.18. The molecule has 1 heterocycles. The van der Waals surface area contributed by atoms with Gasteiger partial charge in [0, 0.05) is 24.3 Å². The van der Waals surface area contributed by atoms with Crippen molar-refractivity contribution in [2.24, 2.45) is 0 Å². The van der Waals surface area contributed by atoms with Gasteiger partial charge in [0.15, 0.2) is 0 Å². The minimum atomic E-state index is -0.859. The predicted molar refractivity (Wildman–Crippen MR) is 63.5 cm³/mol. The topological polar surface area (TPSA) is 86.8 Å². The Morgan fingerprint density at radius 3 is 2.47 bits per heavy atom. The zero-order valence-corrected chi connectivity index (χ0v) is 9.63. The molecular formula is C12H16N2O3. The number of anilines is 1. The monoisotopic (exact) mass is 236 g/mol. The third-order valence-corrected chi connectivity index (χ3v) is 3.07. The first kappa shape index (κ1) is 11.9. The molecule has 0 aromatic heterocycles. The molecule has 1 aromatic carbocycles. The number of benzene rings is 1. The van der Waals surface area contributed by atoms with Crippen LogP contribution in [0.4, 0.5) is 5.69 Å². The van der Waals surface area contributed by atoms with E-state index in [4.69, 9.17) is 5.73 Å². The first-order valence-electron chi connectivity index (χ1n) is 5.50. The maximum atomic E-state index is 12.0. The predicted octanol–water partition coefficient (Wildman–Crippen LogP) is -0.245. The molecule has 17 heavy (non-hydrogen) atoms. The van der Waals surface area contributed by atoms with Crippen LogP contribution in [0.3, 0.4) is 0 Å². The van der Waals surface area contributed by atoms with E-state index in [0.29, 0.717) is 11.3 Å². The Morgan fingerprint density at radius 2 is 1.94 bits per heavy atom. The number of rotatable bonds is 1. The summed E-state index contributed by atoms with van der Waals surface area (Å²) >= 11 is 0. The van der Waals surface area contributed by atoms with Gasteiger partial charge in [0.1, 0.15) is 0 Å². The lowest BCUT2D eigenvalue weighted by Crippen LogP contribution is -2.29. The number of likely N-dealkylation sites (tertiary alicyclic amines) is 1. The van der Waals surface area contributed by atoms with Crippen molar-refractivity contribution in [2.45, 2.75) is 19.1 Å². The minimum absolute atomic E-state index is 0.160. The number of nitrogens with two attached hydrogens (primary N) is 1. The number of aliphatic hydroxyl groups is 2. The van der Waals surface area contributed by atoms with E-state index in [-0.39, 0.29) is 19.0 Å². The molecule has 1 aliphatic rings. The van der Waals surface area contributed by atoms with Crippen molar-refractivity contribution in [3.8, 4) is 0 Å². The highest BCUT2D eigenvalue weighted by molar-refractivity contribution is 5.95. The van der Waals surface area contributed by atoms with Crippen LogP contribution >= 0.6 is 0 Å². The van der Waals surface area contributed by atoms with Crippen molar-refractivity contribution in [1.29, 1.82) is 0 Å². The first-order valence-corrected chi connectivity index (χ1v) is 5.50. The van der Waals surface area contributed by atoms with Crippen LogP contribution in [-0.2, 0) is 0 Å². The molecule has 0 saturated carbocycles. The summed E-state index contributed by atoms with van der Waals surface area (Å²) in [4.78, 5) is 13.5. The molecule has 1 fully saturated rings. The number of hydrogen-bond donors (Lipinski definition) is 3. The molecule has 2 rings (SSSR count). The smallest absolute Gasteiger partial charge is 0.254 e. The van der Waals surface area contributed by atoms with Gasteiger partial charge in [0.25, 0.3) is 5.91 Å². The number of aryl methyl sites for hydroxylation is 1. The van der Waals surface area contributed by atoms with E-state index < -0.39 is 12.2 Å². The molecule has 0 unspecified atom stereocenters. The third-order valence-electron chi connectivity index (χ3n) is 3.07. The summed E-state index contributed by atoms with van der Waals surface area (Å²) in [5, 5.41) is 18.8. The molecule has 1 amide bonds. The Hall–Kier alpha value is -1.59. The summed E-state index contributed by atoms with van der Waals surface area (Å²) < 4.78 is 0. The van der Waals surface area contributed by atoms with Gasteiger partial charge in [-0.25, -0.2) is 0 Å². The molecule has 1 aromatic rings. The van der Waals surface area contributed by atoms with Crippen molar-refractivity contribution in [1.82, 2.24) is 4.90 Å². The molecule has 0 radical (unpaired) electrons. The van der Waals surface area contributed by atoms with Crippen molar-refractivity contribution in [2.75, 3.05) is 18.8 Å². The number of aliphatic hydroxyl groups excluding tert-OH is 2. The summed E-state index contributed by atoms with van der Waals surface area (Å²) in [6, 6.07) is 5.10. The van der Waals surface area contributed by atoms with E-state index in [2.05, 4.69) is 0 Å². The van der Waals surface area contributed by atoms with Crippen molar-refractivity contribution >= 4 is 11.6 Å². The molecule has 4 N–H and O–H groups in total. The lowest BCUT2D eigenvalue weighted by Gasteiger charge is -2.15. The van der Waals surface area contributed by atoms with Gasteiger partial charge in [-0.05, 0) is 24.6 Å². The second-order valence-electron chi connectivity index (χ2n) is 4.42. The van der Waals surface area contributed by atoms with Gasteiger partial charge in [-0.15, -0.1) is 0 Å². The summed E-state index contributed by atoms with van der Waals surface area (Å²) in [7, 11) is 0. The number of amides is 1. The Labute approximate surface area is 99.5 Å². The molecular weight excluding hydrogens is 220 g/mol. The normalized spacial score (nSPS) is 24.1. The van der Waals surface area contributed by atoms with Crippen molar-refractivity contribution in [3.05, 3.63) is 29.3 Å². The Kier molecular flexibility index (Phi) is 3.04. The van der Waals surface area contributed by atoms with E-state index in [9.17, 15) is 15.0 Å². The summed E-state index contributed by atoms with van der Waals surface area (Å²) in [6.45, 7) is 2.19. The zero-order valence-electron chi connectivity index (χ0n) is 9.63. The molecule has 92 valence electrons. The first-order chi connectivity index (χ1) is 7.99. The average Bonchev–Trinajstić information content (AvgIpc) is 2.62. The van der Waals surface area contributed by atoms with Gasteiger partial charge >= 0.3 is 0 Å². The molecule has 5 heteroatoms. The van der Waals surface area contributed by atoms with Gasteiger partial charge in [0.05, 0.1) is 12.2 Å². The molecule has 0 bridgehead atoms. The second-order valence-corrected chi connectivity index (χ2v) is 4.42. The number of hydrogen-bond acceptors (Lipinski definition) is 4. The van der Waals surface area contributed by atoms with Crippen LogP contribution in [-0.4, -0.2) is 46.3 Å². The minimum Gasteiger partial charge on any atom is -0.398 e. The van der Waals surface area contributed by atoms with Crippen LogP contribution in [0.2, 0.25) is 0 Å². The van der Waals surface area contributed by atoms with Gasteiger partial charge < -0.3 is 20.8 Å². The van der Waals surface area contributed by atoms with Crippen LogP contribution in [0.25, 0.3) is 0 Å². The molecule has 1 aliphatic heterocycles. The molecule has 5 nitrogen and oxygen atoms in total. The zero-order chi connectivity index (χ0) is 12.6. The van der Waals surface area contributed by atoms with Gasteiger partial charge in [-0.3, -0.25) is 4.79 Å². The van der Waals surface area contributed by atoms with E-state index in [1.54, 1.807) is 18.2 Å². The van der Waals surface area contributed by atoms with Crippen LogP contribution in [0, 0.1) is 6.92 Å². The Bertz CT molecular complexity index is 437. The summed E-state index contributed by atoms with van der Waals surface area (Å²) in [5.41, 5.74) is 7.71. The van der Waals surface area contributed by atoms with Crippen LogP contribution in [0.1, 0.15) is 15.9 Å². The van der Waals surface area contributed by atoms with E-state index >= 15 is 0 Å². The quantitative estimate of drug-likeness (QED) is 0.587. The lowest BCUT2D eigenvalue weighted by atomic mass is 10.1. The van der Waals surface area contributed by atoms with Crippen molar-refractivity contribution < 1.29 is 15.0 Å². The second kappa shape index (κ2) is 4.35. The summed E-state index contributed by atoms with van der Waals surface area (Å²) in [6.07, 6.45) is -1.72. The number of nitrogens with zero attached hydrogens (tertiary/aromatic N) is 1. The molecule has 0 aliphatic carbocycles.